The van der Waals surface area contributed by atoms with Crippen LogP contribution in [0, 0.1) is 0 Å². The van der Waals surface area contributed by atoms with Gasteiger partial charge in [-0.15, -0.1) is 11.8 Å². The van der Waals surface area contributed by atoms with Gasteiger partial charge in [0.1, 0.15) is 0 Å². The minimum atomic E-state index is 0.199. The first-order valence-electron chi connectivity index (χ1n) is 3.69. The van der Waals surface area contributed by atoms with Gasteiger partial charge in [0.2, 0.25) is 0 Å². The predicted molar refractivity (Wildman–Crippen MR) is 47.5 cm³/mol. The van der Waals surface area contributed by atoms with Gasteiger partial charge >= 0.3 is 0 Å². The zero-order valence-electron chi connectivity index (χ0n) is 6.89. The molecule has 0 aromatic heterocycles. The van der Waals surface area contributed by atoms with E-state index in [1.165, 1.54) is 11.1 Å². The van der Waals surface area contributed by atoms with E-state index in [9.17, 15) is 4.79 Å². The van der Waals surface area contributed by atoms with Crippen LogP contribution in [0.3, 0.4) is 0 Å². The van der Waals surface area contributed by atoms with E-state index in [-0.39, 0.29) is 10.5 Å². The van der Waals surface area contributed by atoms with Crippen molar-refractivity contribution in [2.75, 3.05) is 0 Å². The molecule has 0 aromatic carbocycles. The van der Waals surface area contributed by atoms with Crippen molar-refractivity contribution in [1.29, 1.82) is 0 Å². The van der Waals surface area contributed by atoms with E-state index < -0.39 is 0 Å². The highest BCUT2D eigenvalue weighted by atomic mass is 32.2. The number of Topliss-reactive ketones (excluding diaryl/α,β-unsaturated/α-hetero) is 1. The lowest BCUT2D eigenvalue weighted by Gasteiger charge is -2.03. The van der Waals surface area contributed by atoms with Crippen LogP contribution in [0.25, 0.3) is 0 Å². The molecule has 1 unspecified atom stereocenters. The van der Waals surface area contributed by atoms with Crippen LogP contribution in [0.2, 0.25) is 0 Å². The van der Waals surface area contributed by atoms with Crippen molar-refractivity contribution >= 4 is 17.5 Å². The maximum absolute atomic E-state index is 11.1. The number of thioether (sulfide) groups is 1. The van der Waals surface area contributed by atoms with Gasteiger partial charge in [0.05, 0.1) is 9.65 Å². The Kier molecular flexibility index (Phi) is 1.18. The molecule has 0 N–H and O–H groups in total. The standard InChI is InChI=1S/C9H10OS/c1-5-7-4-9(7,3)11-8(5)6(2)10/h4H,1-3H3. The number of allylic oxidation sites excluding steroid dienone is 2. The quantitative estimate of drug-likeness (QED) is 0.594. The number of rotatable bonds is 1. The second kappa shape index (κ2) is 1.81. The highest BCUT2D eigenvalue weighted by Gasteiger charge is 2.48. The van der Waals surface area contributed by atoms with E-state index >= 15 is 0 Å². The Hall–Kier alpha value is -0.500. The van der Waals surface area contributed by atoms with E-state index in [1.807, 2.05) is 6.92 Å². The molecule has 58 valence electrons. The lowest BCUT2D eigenvalue weighted by atomic mass is 10.1. The minimum absolute atomic E-state index is 0.199. The molecule has 1 aliphatic carbocycles. The summed E-state index contributed by atoms with van der Waals surface area (Å²) in [5.41, 5.74) is 2.57. The average Bonchev–Trinajstić information content (AvgIpc) is 2.50. The van der Waals surface area contributed by atoms with Crippen molar-refractivity contribution in [3.05, 3.63) is 22.1 Å². The second-order valence-electron chi connectivity index (χ2n) is 3.28. The van der Waals surface area contributed by atoms with Crippen LogP contribution < -0.4 is 0 Å². The molecule has 0 fully saturated rings. The largest absolute Gasteiger partial charge is 0.294 e. The van der Waals surface area contributed by atoms with Gasteiger partial charge in [-0.2, -0.15) is 0 Å². The first kappa shape index (κ1) is 7.17. The Balaban J connectivity index is 2.37. The van der Waals surface area contributed by atoms with Gasteiger partial charge in [0, 0.05) is 0 Å². The molecular weight excluding hydrogens is 156 g/mol. The third-order valence-electron chi connectivity index (χ3n) is 2.25. The van der Waals surface area contributed by atoms with Crippen molar-refractivity contribution < 1.29 is 4.79 Å². The first-order chi connectivity index (χ1) is 5.04. The summed E-state index contributed by atoms with van der Waals surface area (Å²) < 4.78 is 0.199. The zero-order chi connectivity index (χ0) is 8.22. The Labute approximate surface area is 70.6 Å². The van der Waals surface area contributed by atoms with Gasteiger partial charge in [-0.3, -0.25) is 4.79 Å². The Morgan fingerprint density at radius 2 is 2.27 bits per heavy atom. The third-order valence-corrected chi connectivity index (χ3v) is 3.81. The number of ketones is 1. The molecule has 0 spiro atoms. The molecular formula is C9H10OS. The molecule has 2 rings (SSSR count). The van der Waals surface area contributed by atoms with Gasteiger partial charge < -0.3 is 0 Å². The number of carbonyl (C=O) groups is 1. The summed E-state index contributed by atoms with van der Waals surface area (Å²) in [5, 5.41) is 0. The molecule has 1 aliphatic heterocycles. The maximum atomic E-state index is 11.1. The third kappa shape index (κ3) is 0.822. The van der Waals surface area contributed by atoms with Gasteiger partial charge in [0.15, 0.2) is 5.78 Å². The number of hydrogen-bond acceptors (Lipinski definition) is 2. The highest BCUT2D eigenvalue weighted by molar-refractivity contribution is 8.06. The average molecular weight is 166 g/mol. The number of carbonyl (C=O) groups excluding carboxylic acids is 1. The van der Waals surface area contributed by atoms with Crippen molar-refractivity contribution in [3.63, 3.8) is 0 Å². The van der Waals surface area contributed by atoms with E-state index in [1.54, 1.807) is 18.7 Å². The normalized spacial score (nSPS) is 33.5. The molecule has 1 heterocycles. The van der Waals surface area contributed by atoms with Crippen molar-refractivity contribution in [1.82, 2.24) is 0 Å². The molecule has 2 heteroatoms. The van der Waals surface area contributed by atoms with Gasteiger partial charge in [-0.1, -0.05) is 6.08 Å². The lowest BCUT2D eigenvalue weighted by Crippen LogP contribution is -1.97. The molecule has 0 amide bonds. The molecule has 0 radical (unpaired) electrons. The molecule has 0 saturated heterocycles. The Bertz CT molecular complexity index is 312. The smallest absolute Gasteiger partial charge is 0.166 e. The predicted octanol–water partition coefficient (Wildman–Crippen LogP) is 2.29. The molecule has 0 aromatic rings. The molecule has 0 bridgehead atoms. The SMILES string of the molecule is CC(=O)C1=C(C)C2=CC2(C)S1. The summed E-state index contributed by atoms with van der Waals surface area (Å²) in [4.78, 5) is 12.0. The first-order valence-corrected chi connectivity index (χ1v) is 4.51. The van der Waals surface area contributed by atoms with Gasteiger partial charge in [0.25, 0.3) is 0 Å². The number of fused-ring (bicyclic) bond motifs is 1. The Morgan fingerprint density at radius 1 is 1.64 bits per heavy atom. The van der Waals surface area contributed by atoms with Crippen LogP contribution in [-0.4, -0.2) is 10.5 Å². The van der Waals surface area contributed by atoms with Crippen LogP contribution in [0.1, 0.15) is 20.8 Å². The van der Waals surface area contributed by atoms with E-state index in [2.05, 4.69) is 13.0 Å². The van der Waals surface area contributed by atoms with E-state index in [4.69, 9.17) is 0 Å². The summed E-state index contributed by atoms with van der Waals surface area (Å²) in [5.74, 6) is 0.210. The van der Waals surface area contributed by atoms with E-state index in [0.717, 1.165) is 4.91 Å². The molecule has 0 saturated carbocycles. The fourth-order valence-corrected chi connectivity index (χ4v) is 2.82. The molecule has 11 heavy (non-hydrogen) atoms. The minimum Gasteiger partial charge on any atom is -0.294 e. The van der Waals surface area contributed by atoms with Crippen LogP contribution in [0.15, 0.2) is 22.1 Å². The molecule has 1 atom stereocenters. The topological polar surface area (TPSA) is 17.1 Å². The van der Waals surface area contributed by atoms with Crippen LogP contribution >= 0.6 is 11.8 Å². The van der Waals surface area contributed by atoms with Crippen LogP contribution in [-0.2, 0) is 4.79 Å². The zero-order valence-corrected chi connectivity index (χ0v) is 7.71. The highest BCUT2D eigenvalue weighted by Crippen LogP contribution is 2.60. The van der Waals surface area contributed by atoms with Crippen molar-refractivity contribution in [2.45, 2.75) is 25.5 Å². The summed E-state index contributed by atoms with van der Waals surface area (Å²) in [7, 11) is 0. The van der Waals surface area contributed by atoms with Crippen molar-refractivity contribution in [2.24, 2.45) is 0 Å². The summed E-state index contributed by atoms with van der Waals surface area (Å²) in [6.07, 6.45) is 2.22. The van der Waals surface area contributed by atoms with Crippen LogP contribution in [0.4, 0.5) is 0 Å². The summed E-state index contributed by atoms with van der Waals surface area (Å²) >= 11 is 1.70. The van der Waals surface area contributed by atoms with Gasteiger partial charge in [-0.05, 0) is 31.9 Å². The van der Waals surface area contributed by atoms with Gasteiger partial charge in [-0.25, -0.2) is 0 Å². The lowest BCUT2D eigenvalue weighted by molar-refractivity contribution is -0.113. The molecule has 1 nitrogen and oxygen atoms in total. The second-order valence-corrected chi connectivity index (χ2v) is 4.74. The Morgan fingerprint density at radius 3 is 2.55 bits per heavy atom. The fourth-order valence-electron chi connectivity index (χ4n) is 1.55. The maximum Gasteiger partial charge on any atom is 0.166 e. The summed E-state index contributed by atoms with van der Waals surface area (Å²) in [6.45, 7) is 5.83. The number of hydrogen-bond donors (Lipinski definition) is 0. The molecule has 2 aliphatic rings. The van der Waals surface area contributed by atoms with Crippen molar-refractivity contribution in [3.8, 4) is 0 Å². The fraction of sp³-hybridized carbons (Fsp3) is 0.444. The monoisotopic (exact) mass is 166 g/mol. The van der Waals surface area contributed by atoms with Crippen LogP contribution in [0.5, 0.6) is 0 Å². The summed E-state index contributed by atoms with van der Waals surface area (Å²) in [6, 6.07) is 0. The van der Waals surface area contributed by atoms with E-state index in [0.29, 0.717) is 0 Å².